The van der Waals surface area contributed by atoms with Gasteiger partial charge in [-0.05, 0) is 49.7 Å². The van der Waals surface area contributed by atoms with E-state index in [9.17, 15) is 4.79 Å². The number of allylic oxidation sites excluding steroid dienone is 3. The largest absolute Gasteiger partial charge is 0.459 e. The van der Waals surface area contributed by atoms with E-state index < -0.39 is 0 Å². The maximum atomic E-state index is 12.4. The van der Waals surface area contributed by atoms with E-state index in [2.05, 4.69) is 39.8 Å². The Morgan fingerprint density at radius 2 is 1.88 bits per heavy atom. The number of rotatable bonds is 3. The molecule has 0 aliphatic heterocycles. The van der Waals surface area contributed by atoms with Crippen LogP contribution in [0.25, 0.3) is 6.08 Å². The number of hydrogen-bond acceptors (Lipinski definition) is 2. The third-order valence-corrected chi connectivity index (χ3v) is 5.89. The Labute approximate surface area is 157 Å². The maximum absolute atomic E-state index is 12.4. The first kappa shape index (κ1) is 18.7. The second-order valence-electron chi connectivity index (χ2n) is 8.40. The molecule has 2 aliphatic carbocycles. The molecular formula is C24H30O2. The van der Waals surface area contributed by atoms with E-state index in [0.717, 1.165) is 24.8 Å². The van der Waals surface area contributed by atoms with E-state index >= 15 is 0 Å². The standard InChI is InChI=1S/C24H30O2/c1-17-9-8-10-18(2)16-21(23-20(15-17)24(23,3)4)26-22(25)14-13-19-11-6-5-7-12-19/h5-7,10-15,20-21,23H,8-9,16H2,1-4H3/b14-13+,17-15+,18-10+/t20-,21-,23-/m1/s1. The molecule has 0 aromatic heterocycles. The van der Waals surface area contributed by atoms with Gasteiger partial charge in [-0.15, -0.1) is 0 Å². The topological polar surface area (TPSA) is 26.3 Å². The lowest BCUT2D eigenvalue weighted by Gasteiger charge is -2.20. The second-order valence-corrected chi connectivity index (χ2v) is 8.40. The average Bonchev–Trinajstić information content (AvgIpc) is 3.13. The molecule has 3 atom stereocenters. The molecule has 1 aromatic rings. The Morgan fingerprint density at radius 1 is 1.15 bits per heavy atom. The number of esters is 1. The van der Waals surface area contributed by atoms with Crippen LogP contribution < -0.4 is 0 Å². The van der Waals surface area contributed by atoms with Gasteiger partial charge in [0.25, 0.3) is 0 Å². The summed E-state index contributed by atoms with van der Waals surface area (Å²) in [5.41, 5.74) is 3.98. The zero-order valence-corrected chi connectivity index (χ0v) is 16.4. The third-order valence-electron chi connectivity index (χ3n) is 5.89. The molecule has 0 heterocycles. The molecule has 0 bridgehead atoms. The van der Waals surface area contributed by atoms with Crippen molar-refractivity contribution in [2.24, 2.45) is 17.3 Å². The predicted octanol–water partition coefficient (Wildman–Crippen LogP) is 5.96. The van der Waals surface area contributed by atoms with Gasteiger partial charge in [0.05, 0.1) is 0 Å². The molecule has 1 fully saturated rings. The quantitative estimate of drug-likeness (QED) is 0.382. The highest BCUT2D eigenvalue weighted by Crippen LogP contribution is 2.62. The molecule has 0 saturated heterocycles. The molecule has 0 amide bonds. The minimum atomic E-state index is -0.245. The smallest absolute Gasteiger partial charge is 0.331 e. The number of ether oxygens (including phenoxy) is 1. The lowest BCUT2D eigenvalue weighted by Crippen LogP contribution is -2.22. The van der Waals surface area contributed by atoms with Gasteiger partial charge >= 0.3 is 5.97 Å². The van der Waals surface area contributed by atoms with Crippen molar-refractivity contribution >= 4 is 12.0 Å². The molecule has 2 nitrogen and oxygen atoms in total. The fraction of sp³-hybridized carbons (Fsp3) is 0.458. The lowest BCUT2D eigenvalue weighted by atomic mass is 9.98. The molecule has 1 saturated carbocycles. The van der Waals surface area contributed by atoms with Crippen molar-refractivity contribution in [3.63, 3.8) is 0 Å². The highest BCUT2D eigenvalue weighted by Gasteiger charge is 2.60. The molecule has 0 unspecified atom stereocenters. The second kappa shape index (κ2) is 7.65. The van der Waals surface area contributed by atoms with Crippen LogP contribution in [0.4, 0.5) is 0 Å². The van der Waals surface area contributed by atoms with Crippen LogP contribution in [0.2, 0.25) is 0 Å². The normalized spacial score (nSPS) is 31.9. The Bertz CT molecular complexity index is 737. The number of fused-ring (bicyclic) bond motifs is 1. The Hall–Kier alpha value is -2.09. The van der Waals surface area contributed by atoms with Crippen molar-refractivity contribution < 1.29 is 9.53 Å². The highest BCUT2D eigenvalue weighted by molar-refractivity contribution is 5.87. The summed E-state index contributed by atoms with van der Waals surface area (Å²) < 4.78 is 5.94. The first-order valence-electron chi connectivity index (χ1n) is 9.64. The van der Waals surface area contributed by atoms with Crippen LogP contribution in [-0.4, -0.2) is 12.1 Å². The average molecular weight is 351 g/mol. The van der Waals surface area contributed by atoms with E-state index in [0.29, 0.717) is 11.8 Å². The van der Waals surface area contributed by atoms with Gasteiger partial charge in [0, 0.05) is 18.4 Å². The Balaban J connectivity index is 1.74. The minimum Gasteiger partial charge on any atom is -0.459 e. The van der Waals surface area contributed by atoms with Crippen LogP contribution in [0.1, 0.15) is 52.5 Å². The van der Waals surface area contributed by atoms with Gasteiger partial charge in [-0.3, -0.25) is 0 Å². The predicted molar refractivity (Wildman–Crippen MR) is 107 cm³/mol. The molecule has 138 valence electrons. The van der Waals surface area contributed by atoms with Crippen molar-refractivity contribution in [1.29, 1.82) is 0 Å². The van der Waals surface area contributed by atoms with Crippen molar-refractivity contribution in [3.8, 4) is 0 Å². The van der Waals surface area contributed by atoms with Crippen LogP contribution >= 0.6 is 0 Å². The van der Waals surface area contributed by atoms with Gasteiger partial charge in [-0.1, -0.05) is 67.5 Å². The summed E-state index contributed by atoms with van der Waals surface area (Å²) in [4.78, 5) is 12.4. The van der Waals surface area contributed by atoms with Crippen LogP contribution in [0.5, 0.6) is 0 Å². The van der Waals surface area contributed by atoms with E-state index in [1.165, 1.54) is 11.1 Å². The summed E-state index contributed by atoms with van der Waals surface area (Å²) in [5, 5.41) is 0. The summed E-state index contributed by atoms with van der Waals surface area (Å²) in [6.45, 7) is 8.97. The first-order valence-corrected chi connectivity index (χ1v) is 9.64. The monoisotopic (exact) mass is 350 g/mol. The van der Waals surface area contributed by atoms with Crippen LogP contribution in [0.15, 0.2) is 59.7 Å². The van der Waals surface area contributed by atoms with E-state index in [-0.39, 0.29) is 17.5 Å². The zero-order valence-electron chi connectivity index (χ0n) is 16.4. The minimum absolute atomic E-state index is 0.0543. The Kier molecular flexibility index (Phi) is 5.50. The van der Waals surface area contributed by atoms with Crippen molar-refractivity contribution in [2.45, 2.75) is 53.1 Å². The van der Waals surface area contributed by atoms with Crippen LogP contribution in [-0.2, 0) is 9.53 Å². The molecule has 1 aromatic carbocycles. The van der Waals surface area contributed by atoms with Crippen molar-refractivity contribution in [2.75, 3.05) is 0 Å². The number of hydrogen-bond donors (Lipinski definition) is 0. The van der Waals surface area contributed by atoms with Crippen molar-refractivity contribution in [3.05, 3.63) is 65.3 Å². The van der Waals surface area contributed by atoms with Gasteiger partial charge in [-0.25, -0.2) is 4.79 Å². The summed E-state index contributed by atoms with van der Waals surface area (Å²) in [6.07, 6.45) is 11.1. The van der Waals surface area contributed by atoms with E-state index in [1.54, 1.807) is 6.08 Å². The third kappa shape index (κ3) is 4.35. The first-order chi connectivity index (χ1) is 12.4. The highest BCUT2D eigenvalue weighted by atomic mass is 16.5. The molecule has 2 aliphatic rings. The molecule has 3 rings (SSSR count). The molecular weight excluding hydrogens is 320 g/mol. The van der Waals surface area contributed by atoms with E-state index in [1.807, 2.05) is 36.4 Å². The van der Waals surface area contributed by atoms with Gasteiger partial charge in [0.2, 0.25) is 0 Å². The number of benzene rings is 1. The fourth-order valence-electron chi connectivity index (χ4n) is 4.24. The van der Waals surface area contributed by atoms with Gasteiger partial charge < -0.3 is 4.74 Å². The maximum Gasteiger partial charge on any atom is 0.331 e. The summed E-state index contributed by atoms with van der Waals surface area (Å²) in [7, 11) is 0. The zero-order chi connectivity index (χ0) is 18.7. The number of carbonyl (C=O) groups excluding carboxylic acids is 1. The fourth-order valence-corrected chi connectivity index (χ4v) is 4.24. The van der Waals surface area contributed by atoms with E-state index in [4.69, 9.17) is 4.74 Å². The summed E-state index contributed by atoms with van der Waals surface area (Å²) in [5.74, 6) is 0.656. The van der Waals surface area contributed by atoms with Crippen LogP contribution in [0, 0.1) is 17.3 Å². The summed E-state index contributed by atoms with van der Waals surface area (Å²) >= 11 is 0. The van der Waals surface area contributed by atoms with Gasteiger partial charge in [0.1, 0.15) is 6.10 Å². The molecule has 2 heteroatoms. The molecule has 0 N–H and O–H groups in total. The lowest BCUT2D eigenvalue weighted by molar-refractivity contribution is -0.144. The molecule has 0 radical (unpaired) electrons. The Morgan fingerprint density at radius 3 is 2.62 bits per heavy atom. The van der Waals surface area contributed by atoms with Crippen molar-refractivity contribution in [1.82, 2.24) is 0 Å². The van der Waals surface area contributed by atoms with Crippen LogP contribution in [0.3, 0.4) is 0 Å². The number of carbonyl (C=O) groups is 1. The SMILES string of the molecule is C/C1=C\[C@@H]2[C@H]([C@H](OC(=O)/C=C/c3ccccc3)C/C(C)=C/CC1)C2(C)C. The van der Waals surface area contributed by atoms with Gasteiger partial charge in [0.15, 0.2) is 0 Å². The molecule has 26 heavy (non-hydrogen) atoms. The van der Waals surface area contributed by atoms with Gasteiger partial charge in [-0.2, -0.15) is 0 Å². The molecule has 0 spiro atoms. The summed E-state index contributed by atoms with van der Waals surface area (Å²) in [6, 6.07) is 9.86.